The summed E-state index contributed by atoms with van der Waals surface area (Å²) in [5.41, 5.74) is 0. The monoisotopic (exact) mass is 272 g/mol. The Balaban J connectivity index is -0.0000000800. The van der Waals surface area contributed by atoms with E-state index >= 15 is 0 Å². The Morgan fingerprint density at radius 2 is 1.14 bits per heavy atom. The molecule has 0 aromatic heterocycles. The van der Waals surface area contributed by atoms with Crippen molar-refractivity contribution < 1.29 is 63.6 Å². The molecule has 0 atom stereocenters. The third-order valence-corrected chi connectivity index (χ3v) is 0. The van der Waals surface area contributed by atoms with Crippen molar-refractivity contribution in [3.63, 3.8) is 0 Å². The average Bonchev–Trinajstić information content (AvgIpc) is 0.722. The summed E-state index contributed by atoms with van der Waals surface area (Å²) in [7, 11) is -5.39. The van der Waals surface area contributed by atoms with Gasteiger partial charge >= 0.3 is 17.1 Å². The molecule has 0 aliphatic carbocycles. The molecule has 0 rings (SSSR count). The first-order chi connectivity index (χ1) is 2.00. The number of hydrogen-bond donors (Lipinski definition) is 0. The molecule has 0 N–H and O–H groups in total. The summed E-state index contributed by atoms with van der Waals surface area (Å²) in [6.07, 6.45) is 0. The van der Waals surface area contributed by atoms with Gasteiger partial charge in [0.25, 0.3) is 0 Å². The molecule has 4 nitrogen and oxygen atoms in total. The fraction of sp³-hybridized carbons (Fsp3) is 0. The van der Waals surface area contributed by atoms with Gasteiger partial charge in [0.2, 0.25) is 0 Å². The molecule has 0 fully saturated rings. The summed E-state index contributed by atoms with van der Waals surface area (Å²) < 4.78 is 8.55. The molecule has 0 aromatic rings. The molecule has 43 valence electrons. The summed E-state index contributed by atoms with van der Waals surface area (Å²) >= 11 is 0. The van der Waals surface area contributed by atoms with E-state index in [9.17, 15) is 0 Å². The molecule has 7 heteroatoms. The summed E-state index contributed by atoms with van der Waals surface area (Å²) in [6.45, 7) is 0. The molecule has 0 amide bonds. The molecular formula is CdCuO4P-. The number of phosphoric acid groups is 1. The van der Waals surface area contributed by atoms with Crippen LogP contribution < -0.4 is 14.7 Å². The Morgan fingerprint density at radius 1 is 1.14 bits per heavy atom. The molecule has 0 heterocycles. The van der Waals surface area contributed by atoms with Crippen molar-refractivity contribution in [3.05, 3.63) is 0 Å². The van der Waals surface area contributed by atoms with E-state index in [-0.39, 0.29) is 44.4 Å². The van der Waals surface area contributed by atoms with Crippen molar-refractivity contribution in [1.82, 2.24) is 0 Å². The van der Waals surface area contributed by atoms with E-state index in [1.807, 2.05) is 0 Å². The van der Waals surface area contributed by atoms with Gasteiger partial charge in [0, 0.05) is 27.3 Å². The molecule has 0 unspecified atom stereocenters. The largest absolute Gasteiger partial charge is 2.00 e. The third kappa shape index (κ3) is 96.7. The van der Waals surface area contributed by atoms with Crippen LogP contribution in [0.3, 0.4) is 0 Å². The second-order valence-corrected chi connectivity index (χ2v) is 1.34. The van der Waals surface area contributed by atoms with Crippen LogP contribution in [0.5, 0.6) is 0 Å². The second kappa shape index (κ2) is 5.68. The molecule has 0 aliphatic rings. The van der Waals surface area contributed by atoms with Gasteiger partial charge in [0.1, 0.15) is 0 Å². The minimum Gasteiger partial charge on any atom is -0.822 e. The summed E-state index contributed by atoms with van der Waals surface area (Å²) in [5, 5.41) is 0. The van der Waals surface area contributed by atoms with Crippen LogP contribution in [-0.4, -0.2) is 0 Å². The predicted molar refractivity (Wildman–Crippen MR) is 7.61 cm³/mol. The quantitative estimate of drug-likeness (QED) is 0.351. The third-order valence-electron chi connectivity index (χ3n) is 0. The Kier molecular flexibility index (Phi) is 12.8. The van der Waals surface area contributed by atoms with Crippen molar-refractivity contribution in [3.8, 4) is 0 Å². The van der Waals surface area contributed by atoms with Crippen LogP contribution in [0, 0.1) is 0 Å². The minimum atomic E-state index is -5.39. The van der Waals surface area contributed by atoms with Crippen molar-refractivity contribution >= 4 is 7.82 Å². The van der Waals surface area contributed by atoms with E-state index in [0.29, 0.717) is 0 Å². The molecule has 0 saturated heterocycles. The van der Waals surface area contributed by atoms with Crippen LogP contribution >= 0.6 is 7.82 Å². The van der Waals surface area contributed by atoms with Crippen LogP contribution in [0.1, 0.15) is 0 Å². The van der Waals surface area contributed by atoms with Crippen LogP contribution in [-0.2, 0) is 48.9 Å². The van der Waals surface area contributed by atoms with Gasteiger partial charge in [-0.15, -0.1) is 0 Å². The first-order valence-corrected chi connectivity index (χ1v) is 2.19. The minimum absolute atomic E-state index is 0. The van der Waals surface area contributed by atoms with E-state index in [4.69, 9.17) is 19.2 Å². The zero-order valence-corrected chi connectivity index (χ0v) is 8.96. The molecule has 0 bridgehead atoms. The standard InChI is InChI=1S/Cd.Cu.H3O4P/c;;1-5(2,3)4/h;;(H3,1,2,3,4)/q;+2;/p-3. The summed E-state index contributed by atoms with van der Waals surface area (Å²) in [5.74, 6) is 0. The molecule has 1 radical (unpaired) electrons. The van der Waals surface area contributed by atoms with Crippen molar-refractivity contribution in [2.24, 2.45) is 0 Å². The van der Waals surface area contributed by atoms with Gasteiger partial charge in [0.15, 0.2) is 0 Å². The van der Waals surface area contributed by atoms with Crippen molar-refractivity contribution in [2.45, 2.75) is 0 Å². The Hall–Kier alpha value is 1.55. The van der Waals surface area contributed by atoms with Crippen molar-refractivity contribution in [2.75, 3.05) is 0 Å². The normalized spacial score (nSPS) is 8.43. The van der Waals surface area contributed by atoms with Crippen LogP contribution in [0.15, 0.2) is 0 Å². The molecule has 0 aromatic carbocycles. The first kappa shape index (κ1) is 15.8. The molecule has 0 spiro atoms. The Morgan fingerprint density at radius 3 is 1.14 bits per heavy atom. The zero-order valence-electron chi connectivity index (χ0n) is 3.09. The topological polar surface area (TPSA) is 86.2 Å². The first-order valence-electron chi connectivity index (χ1n) is 0.730. The number of hydrogen-bond acceptors (Lipinski definition) is 4. The fourth-order valence-corrected chi connectivity index (χ4v) is 0. The fourth-order valence-electron chi connectivity index (χ4n) is 0. The van der Waals surface area contributed by atoms with E-state index in [1.165, 1.54) is 0 Å². The van der Waals surface area contributed by atoms with Crippen LogP contribution in [0.2, 0.25) is 0 Å². The number of rotatable bonds is 0. The maximum absolute atomic E-state index is 8.55. The van der Waals surface area contributed by atoms with E-state index in [1.54, 1.807) is 0 Å². The summed E-state index contributed by atoms with van der Waals surface area (Å²) in [6, 6.07) is 0. The van der Waals surface area contributed by atoms with Gasteiger partial charge in [-0.05, 0) is 0 Å². The van der Waals surface area contributed by atoms with E-state index in [0.717, 1.165) is 0 Å². The van der Waals surface area contributed by atoms with Gasteiger partial charge in [0.05, 0.1) is 0 Å². The van der Waals surface area contributed by atoms with Gasteiger partial charge in [-0.1, -0.05) is 0 Å². The van der Waals surface area contributed by atoms with Crippen LogP contribution in [0.4, 0.5) is 0 Å². The molecular weight excluding hydrogens is 271 g/mol. The van der Waals surface area contributed by atoms with Gasteiger partial charge < -0.3 is 19.2 Å². The van der Waals surface area contributed by atoms with E-state index in [2.05, 4.69) is 0 Å². The second-order valence-electron chi connectivity index (χ2n) is 0.447. The Labute approximate surface area is 71.2 Å². The predicted octanol–water partition coefficient (Wildman–Crippen LogP) is -2.83. The smallest absolute Gasteiger partial charge is 0.822 e. The average molecular weight is 271 g/mol. The molecule has 0 aliphatic heterocycles. The molecule has 7 heavy (non-hydrogen) atoms. The van der Waals surface area contributed by atoms with Gasteiger partial charge in [-0.25, -0.2) is 0 Å². The maximum Gasteiger partial charge on any atom is 2.00 e. The summed E-state index contributed by atoms with van der Waals surface area (Å²) in [4.78, 5) is 25.6. The Bertz CT molecular complexity index is 57.8. The SMILES string of the molecule is O=P([O-])([O-])[O-].[Cd].[Cu+2]. The van der Waals surface area contributed by atoms with E-state index < -0.39 is 7.82 Å². The molecule has 0 saturated carbocycles. The van der Waals surface area contributed by atoms with Gasteiger partial charge in [-0.2, -0.15) is 7.82 Å². The zero-order chi connectivity index (χ0) is 4.50. The van der Waals surface area contributed by atoms with Gasteiger partial charge in [-0.3, -0.25) is 0 Å². The van der Waals surface area contributed by atoms with Crippen LogP contribution in [0.25, 0.3) is 0 Å². The maximum atomic E-state index is 8.55. The van der Waals surface area contributed by atoms with Crippen molar-refractivity contribution in [1.29, 1.82) is 0 Å².